The van der Waals surface area contributed by atoms with Crippen molar-refractivity contribution >= 4 is 33.3 Å². The second-order valence-electron chi connectivity index (χ2n) is 10.8. The molecule has 3 aromatic carbocycles. The molecule has 8 heteroatoms. The van der Waals surface area contributed by atoms with Crippen LogP contribution in [0.15, 0.2) is 85.3 Å². The van der Waals surface area contributed by atoms with Gasteiger partial charge < -0.3 is 25.0 Å². The number of nitrogens with one attached hydrogen (secondary N) is 2. The number of piperidine rings is 1. The molecule has 6 rings (SSSR count). The van der Waals surface area contributed by atoms with Crippen LogP contribution in [0.4, 0.5) is 11.5 Å². The van der Waals surface area contributed by atoms with Gasteiger partial charge in [0.1, 0.15) is 23.6 Å². The Hall–Kier alpha value is -4.43. The third-order valence-electron chi connectivity index (χ3n) is 8.06. The van der Waals surface area contributed by atoms with Crippen LogP contribution >= 0.6 is 0 Å². The van der Waals surface area contributed by atoms with Crippen molar-refractivity contribution in [1.29, 1.82) is 0 Å². The highest BCUT2D eigenvalue weighted by Gasteiger charge is 2.19. The summed E-state index contributed by atoms with van der Waals surface area (Å²) in [4.78, 5) is 16.0. The standard InChI is InChI=1S/C34H38N6O2/c1-41-27-8-6-25(7-9-27)12-16-37-34-30-11-10-28(22-33(30)38-24-39-34)42-23-26-14-19-40(20-15-26)21-18-36-32-13-17-35-31-5-3-2-4-29(31)32/h2-11,13,17,22,24,26H,12,14-16,18-21,23H2,1H3,(H,35,36)(H,37,38,39). The van der Waals surface area contributed by atoms with E-state index in [1.807, 2.05) is 36.5 Å². The summed E-state index contributed by atoms with van der Waals surface area (Å²) >= 11 is 0. The monoisotopic (exact) mass is 562 g/mol. The van der Waals surface area contributed by atoms with Gasteiger partial charge in [0.05, 0.1) is 24.8 Å². The van der Waals surface area contributed by atoms with Gasteiger partial charge in [-0.3, -0.25) is 4.98 Å². The summed E-state index contributed by atoms with van der Waals surface area (Å²) in [6, 6.07) is 24.6. The molecule has 1 aliphatic heterocycles. The molecule has 1 saturated heterocycles. The first-order chi connectivity index (χ1) is 20.7. The molecule has 42 heavy (non-hydrogen) atoms. The van der Waals surface area contributed by atoms with Crippen molar-refractivity contribution in [1.82, 2.24) is 19.9 Å². The van der Waals surface area contributed by atoms with Crippen LogP contribution in [-0.2, 0) is 6.42 Å². The second kappa shape index (κ2) is 13.5. The summed E-state index contributed by atoms with van der Waals surface area (Å²) in [6.07, 6.45) is 6.68. The average molecular weight is 563 g/mol. The average Bonchev–Trinajstić information content (AvgIpc) is 3.05. The predicted molar refractivity (Wildman–Crippen MR) is 170 cm³/mol. The van der Waals surface area contributed by atoms with Gasteiger partial charge >= 0.3 is 0 Å². The van der Waals surface area contributed by atoms with E-state index < -0.39 is 0 Å². The third kappa shape index (κ3) is 6.89. The number of hydrogen-bond acceptors (Lipinski definition) is 8. The predicted octanol–water partition coefficient (Wildman–Crippen LogP) is 6.04. The number of fused-ring (bicyclic) bond motifs is 2. The summed E-state index contributed by atoms with van der Waals surface area (Å²) in [7, 11) is 1.68. The molecule has 0 aliphatic carbocycles. The lowest BCUT2D eigenvalue weighted by Gasteiger charge is -2.32. The number of hydrogen-bond donors (Lipinski definition) is 2. The molecule has 1 fully saturated rings. The fourth-order valence-corrected chi connectivity index (χ4v) is 5.57. The van der Waals surface area contributed by atoms with E-state index in [4.69, 9.17) is 9.47 Å². The van der Waals surface area contributed by atoms with E-state index in [0.717, 1.165) is 98.0 Å². The number of benzene rings is 3. The minimum Gasteiger partial charge on any atom is -0.497 e. The zero-order chi connectivity index (χ0) is 28.6. The smallest absolute Gasteiger partial charge is 0.137 e. The van der Waals surface area contributed by atoms with Crippen LogP contribution in [0.5, 0.6) is 11.5 Å². The van der Waals surface area contributed by atoms with Gasteiger partial charge in [0.2, 0.25) is 0 Å². The van der Waals surface area contributed by atoms with E-state index >= 15 is 0 Å². The maximum Gasteiger partial charge on any atom is 0.137 e. The molecular weight excluding hydrogens is 524 g/mol. The van der Waals surface area contributed by atoms with Crippen LogP contribution < -0.4 is 20.1 Å². The Balaban J connectivity index is 0.941. The molecule has 0 unspecified atom stereocenters. The normalized spacial score (nSPS) is 14.2. The Morgan fingerprint density at radius 2 is 1.64 bits per heavy atom. The molecule has 0 radical (unpaired) electrons. The summed E-state index contributed by atoms with van der Waals surface area (Å²) < 4.78 is 11.5. The van der Waals surface area contributed by atoms with Crippen molar-refractivity contribution in [2.45, 2.75) is 19.3 Å². The number of nitrogens with zero attached hydrogens (tertiary/aromatic N) is 4. The van der Waals surface area contributed by atoms with Gasteiger partial charge in [-0.25, -0.2) is 9.97 Å². The molecule has 2 aromatic heterocycles. The first kappa shape index (κ1) is 27.7. The van der Waals surface area contributed by atoms with Crippen molar-refractivity contribution in [3.8, 4) is 11.5 Å². The zero-order valence-corrected chi connectivity index (χ0v) is 24.1. The van der Waals surface area contributed by atoms with Crippen molar-refractivity contribution in [3.05, 3.63) is 90.9 Å². The van der Waals surface area contributed by atoms with E-state index in [1.54, 1.807) is 13.4 Å². The van der Waals surface area contributed by atoms with Gasteiger partial charge in [0.25, 0.3) is 0 Å². The van der Waals surface area contributed by atoms with Gasteiger partial charge in [-0.05, 0) is 80.2 Å². The molecule has 3 heterocycles. The second-order valence-corrected chi connectivity index (χ2v) is 10.8. The number of aromatic nitrogens is 3. The van der Waals surface area contributed by atoms with Gasteiger partial charge in [0.15, 0.2) is 0 Å². The van der Waals surface area contributed by atoms with E-state index in [2.05, 4.69) is 72.9 Å². The topological polar surface area (TPSA) is 84.4 Å². The van der Waals surface area contributed by atoms with E-state index in [-0.39, 0.29) is 0 Å². The molecule has 8 nitrogen and oxygen atoms in total. The molecule has 1 aliphatic rings. The third-order valence-corrected chi connectivity index (χ3v) is 8.06. The van der Waals surface area contributed by atoms with Gasteiger partial charge in [-0.15, -0.1) is 0 Å². The Kier molecular flexibility index (Phi) is 8.90. The van der Waals surface area contributed by atoms with Crippen LogP contribution in [0.25, 0.3) is 21.8 Å². The van der Waals surface area contributed by atoms with Crippen molar-refractivity contribution in [2.75, 3.05) is 57.1 Å². The number of anilines is 2. The lowest BCUT2D eigenvalue weighted by atomic mass is 9.98. The first-order valence-corrected chi connectivity index (χ1v) is 14.8. The Labute approximate surface area is 247 Å². The minimum absolute atomic E-state index is 0.564. The van der Waals surface area contributed by atoms with Gasteiger partial charge in [0, 0.05) is 48.4 Å². The summed E-state index contributed by atoms with van der Waals surface area (Å²) in [5.41, 5.74) is 4.32. The quantitative estimate of drug-likeness (QED) is 0.190. The molecule has 216 valence electrons. The Morgan fingerprint density at radius 1 is 0.810 bits per heavy atom. The molecule has 2 N–H and O–H groups in total. The van der Waals surface area contributed by atoms with Crippen LogP contribution in [-0.4, -0.2) is 66.3 Å². The van der Waals surface area contributed by atoms with Crippen molar-refractivity contribution in [2.24, 2.45) is 5.92 Å². The maximum absolute atomic E-state index is 6.24. The number of rotatable bonds is 12. The number of para-hydroxylation sites is 1. The molecule has 0 amide bonds. The highest BCUT2D eigenvalue weighted by atomic mass is 16.5. The zero-order valence-electron chi connectivity index (χ0n) is 24.1. The van der Waals surface area contributed by atoms with E-state index in [1.165, 1.54) is 10.9 Å². The van der Waals surface area contributed by atoms with Crippen molar-refractivity contribution in [3.63, 3.8) is 0 Å². The highest BCUT2D eigenvalue weighted by Crippen LogP contribution is 2.26. The van der Waals surface area contributed by atoms with Gasteiger partial charge in [-0.2, -0.15) is 0 Å². The fourth-order valence-electron chi connectivity index (χ4n) is 5.57. The first-order valence-electron chi connectivity index (χ1n) is 14.8. The molecular formula is C34H38N6O2. The largest absolute Gasteiger partial charge is 0.497 e. The Bertz CT molecular complexity index is 1600. The molecule has 5 aromatic rings. The maximum atomic E-state index is 6.24. The summed E-state index contributed by atoms with van der Waals surface area (Å²) in [5, 5.41) is 9.25. The fraction of sp³-hybridized carbons (Fsp3) is 0.324. The molecule has 0 bridgehead atoms. The molecule has 0 atom stereocenters. The lowest BCUT2D eigenvalue weighted by Crippen LogP contribution is -2.38. The number of methoxy groups -OCH3 is 1. The van der Waals surface area contributed by atoms with Crippen LogP contribution in [0.3, 0.4) is 0 Å². The van der Waals surface area contributed by atoms with Crippen molar-refractivity contribution < 1.29 is 9.47 Å². The summed E-state index contributed by atoms with van der Waals surface area (Å²) in [6.45, 7) is 5.68. The highest BCUT2D eigenvalue weighted by molar-refractivity contribution is 5.91. The van der Waals surface area contributed by atoms with Crippen LogP contribution in [0.1, 0.15) is 18.4 Å². The summed E-state index contributed by atoms with van der Waals surface area (Å²) in [5.74, 6) is 3.14. The van der Waals surface area contributed by atoms with E-state index in [9.17, 15) is 0 Å². The molecule has 0 spiro atoms. The van der Waals surface area contributed by atoms with Gasteiger partial charge in [-0.1, -0.05) is 30.3 Å². The number of pyridine rings is 1. The lowest BCUT2D eigenvalue weighted by molar-refractivity contribution is 0.145. The van der Waals surface area contributed by atoms with Crippen LogP contribution in [0, 0.1) is 5.92 Å². The number of likely N-dealkylation sites (tertiary alicyclic amines) is 1. The van der Waals surface area contributed by atoms with E-state index in [0.29, 0.717) is 5.92 Å². The SMILES string of the molecule is COc1ccc(CCNc2ncnc3cc(OCC4CCN(CCNc5ccnc6ccccc56)CC4)ccc23)cc1. The minimum atomic E-state index is 0.564. The van der Waals surface area contributed by atoms with Crippen LogP contribution in [0.2, 0.25) is 0 Å². The number of ether oxygens (including phenoxy) is 2. The molecule has 0 saturated carbocycles. The Morgan fingerprint density at radius 3 is 2.50 bits per heavy atom.